The number of hydrogen-bond donors (Lipinski definition) is 0. The summed E-state index contributed by atoms with van der Waals surface area (Å²) in [6.07, 6.45) is 2.05. The van der Waals surface area contributed by atoms with Gasteiger partial charge in [0.15, 0.2) is 0 Å². The molecule has 0 radical (unpaired) electrons. The molecule has 0 aliphatic rings. The predicted molar refractivity (Wildman–Crippen MR) is 96.3 cm³/mol. The summed E-state index contributed by atoms with van der Waals surface area (Å²) >= 11 is 6.87. The van der Waals surface area contributed by atoms with Crippen molar-refractivity contribution in [2.75, 3.05) is 10.7 Å². The number of benzene rings is 2. The minimum atomic E-state index is 0.218. The normalized spacial score (nSPS) is 10.2. The summed E-state index contributed by atoms with van der Waals surface area (Å²) < 4.78 is 11.2. The van der Waals surface area contributed by atoms with Crippen LogP contribution in [0.5, 0.6) is 11.5 Å². The van der Waals surface area contributed by atoms with Crippen molar-refractivity contribution >= 4 is 39.5 Å². The first-order valence-electron chi connectivity index (χ1n) is 6.87. The Bertz CT molecular complexity index is 479. The zero-order valence-electron chi connectivity index (χ0n) is 11.7. The molecule has 0 amide bonds. The first-order chi connectivity index (χ1) is 10.3. The number of aryl methyl sites for hydroxylation is 2. The van der Waals surface area contributed by atoms with Crippen LogP contribution in [0, 0.1) is 0 Å². The molecule has 0 heterocycles. The number of alkyl halides is 2. The van der Waals surface area contributed by atoms with Gasteiger partial charge in [-0.3, -0.25) is 0 Å². The molecule has 5 heteroatoms. The topological polar surface area (TPSA) is 18.5 Å². The lowest BCUT2D eigenvalue weighted by Crippen LogP contribution is -2.10. The van der Waals surface area contributed by atoms with Crippen LogP contribution < -0.4 is 9.31 Å². The van der Waals surface area contributed by atoms with Gasteiger partial charge in [0, 0.05) is 10.7 Å². The van der Waals surface area contributed by atoms with Crippen LogP contribution in [0.15, 0.2) is 48.5 Å². The van der Waals surface area contributed by atoms with E-state index in [0.717, 1.165) is 35.0 Å². The lowest BCUT2D eigenvalue weighted by atomic mass is 10.1. The van der Waals surface area contributed by atoms with E-state index < -0.39 is 0 Å². The van der Waals surface area contributed by atoms with E-state index in [2.05, 4.69) is 56.1 Å². The summed E-state index contributed by atoms with van der Waals surface area (Å²) in [6, 6.07) is 16.2. The second kappa shape index (κ2) is 9.16. The SMILES string of the molecule is BrCCc1ccc(OBOc2ccc(CCBr)cc2)cc1. The van der Waals surface area contributed by atoms with Crippen LogP contribution in [0.1, 0.15) is 11.1 Å². The third-order valence-corrected chi connectivity index (χ3v) is 3.86. The molecule has 0 atom stereocenters. The molecule has 2 nitrogen and oxygen atoms in total. The first kappa shape index (κ1) is 16.4. The molecule has 0 unspecified atom stereocenters. The van der Waals surface area contributed by atoms with E-state index in [1.54, 1.807) is 0 Å². The van der Waals surface area contributed by atoms with Crippen molar-refractivity contribution in [3.8, 4) is 11.5 Å². The molecule has 2 aromatic carbocycles. The van der Waals surface area contributed by atoms with Gasteiger partial charge in [0.2, 0.25) is 0 Å². The zero-order chi connectivity index (χ0) is 14.9. The van der Waals surface area contributed by atoms with Crippen molar-refractivity contribution in [2.45, 2.75) is 12.8 Å². The van der Waals surface area contributed by atoms with Crippen LogP contribution in [-0.2, 0) is 12.8 Å². The van der Waals surface area contributed by atoms with E-state index in [9.17, 15) is 0 Å². The Morgan fingerprint density at radius 2 is 1.05 bits per heavy atom. The van der Waals surface area contributed by atoms with Gasteiger partial charge in [-0.1, -0.05) is 56.1 Å². The predicted octanol–water partition coefficient (Wildman–Crippen LogP) is 4.29. The summed E-state index contributed by atoms with van der Waals surface area (Å²) in [5.41, 5.74) is 2.59. The third kappa shape index (κ3) is 5.75. The van der Waals surface area contributed by atoms with Crippen molar-refractivity contribution in [1.82, 2.24) is 0 Å². The van der Waals surface area contributed by atoms with Gasteiger partial charge in [-0.15, -0.1) is 0 Å². The Labute approximate surface area is 143 Å². The molecule has 0 N–H and O–H groups in total. The fourth-order valence-corrected chi connectivity index (χ4v) is 2.80. The maximum Gasteiger partial charge on any atom is 0.576 e. The van der Waals surface area contributed by atoms with Gasteiger partial charge in [0.25, 0.3) is 0 Å². The molecule has 0 fully saturated rings. The van der Waals surface area contributed by atoms with Crippen molar-refractivity contribution in [1.29, 1.82) is 0 Å². The lowest BCUT2D eigenvalue weighted by molar-refractivity contribution is 0.459. The molecular formula is C16H17BBr2O2. The van der Waals surface area contributed by atoms with Gasteiger partial charge in [0.1, 0.15) is 11.5 Å². The molecule has 0 spiro atoms. The highest BCUT2D eigenvalue weighted by Crippen LogP contribution is 2.15. The number of hydrogen-bond acceptors (Lipinski definition) is 2. The Morgan fingerprint density at radius 3 is 1.38 bits per heavy atom. The second-order valence-corrected chi connectivity index (χ2v) is 6.16. The van der Waals surface area contributed by atoms with Gasteiger partial charge in [0.05, 0.1) is 0 Å². The molecular weight excluding hydrogens is 395 g/mol. The molecule has 0 saturated heterocycles. The molecule has 0 aliphatic heterocycles. The zero-order valence-corrected chi connectivity index (χ0v) is 14.9. The molecule has 0 aliphatic carbocycles. The van der Waals surface area contributed by atoms with E-state index in [-0.39, 0.29) is 7.69 Å². The van der Waals surface area contributed by atoms with E-state index >= 15 is 0 Å². The molecule has 0 aromatic heterocycles. The summed E-state index contributed by atoms with van der Waals surface area (Å²) in [5, 5.41) is 1.95. The number of rotatable bonds is 8. The van der Waals surface area contributed by atoms with E-state index in [0.29, 0.717) is 0 Å². The van der Waals surface area contributed by atoms with Gasteiger partial charge in [-0.2, -0.15) is 0 Å². The van der Waals surface area contributed by atoms with Crippen molar-refractivity contribution in [3.05, 3.63) is 59.7 Å². The lowest BCUT2D eigenvalue weighted by Gasteiger charge is -2.08. The summed E-state index contributed by atoms with van der Waals surface area (Å²) in [6.45, 7) is 0. The van der Waals surface area contributed by atoms with Gasteiger partial charge < -0.3 is 9.31 Å². The van der Waals surface area contributed by atoms with Gasteiger partial charge >= 0.3 is 7.69 Å². The van der Waals surface area contributed by atoms with E-state index in [1.165, 1.54) is 11.1 Å². The van der Waals surface area contributed by atoms with Crippen LogP contribution in [-0.4, -0.2) is 18.3 Å². The minimum absolute atomic E-state index is 0.218. The highest BCUT2D eigenvalue weighted by molar-refractivity contribution is 9.09. The standard InChI is InChI=1S/C16H17BBr2O2/c18-11-9-13-1-5-15(6-2-13)20-17-21-16-7-3-14(4-8-16)10-12-19/h1-8,17H,9-12H2. The Morgan fingerprint density at radius 1 is 0.667 bits per heavy atom. The monoisotopic (exact) mass is 410 g/mol. The Kier molecular flexibility index (Phi) is 7.17. The third-order valence-electron chi connectivity index (χ3n) is 3.06. The van der Waals surface area contributed by atoms with Gasteiger partial charge in [-0.25, -0.2) is 0 Å². The van der Waals surface area contributed by atoms with Crippen LogP contribution in [0.3, 0.4) is 0 Å². The second-order valence-electron chi connectivity index (χ2n) is 4.57. The largest absolute Gasteiger partial charge is 0.576 e. The molecule has 2 rings (SSSR count). The molecule has 0 saturated carbocycles. The minimum Gasteiger partial charge on any atom is -0.529 e. The van der Waals surface area contributed by atoms with Crippen molar-refractivity contribution < 1.29 is 9.31 Å². The molecule has 21 heavy (non-hydrogen) atoms. The Balaban J connectivity index is 1.78. The van der Waals surface area contributed by atoms with Crippen LogP contribution in [0.25, 0.3) is 0 Å². The van der Waals surface area contributed by atoms with Crippen LogP contribution in [0.2, 0.25) is 0 Å². The quantitative estimate of drug-likeness (QED) is 0.476. The van der Waals surface area contributed by atoms with E-state index in [4.69, 9.17) is 9.31 Å². The van der Waals surface area contributed by atoms with Crippen molar-refractivity contribution in [3.63, 3.8) is 0 Å². The Hall–Kier alpha value is -0.935. The highest BCUT2D eigenvalue weighted by atomic mass is 79.9. The van der Waals surface area contributed by atoms with Crippen molar-refractivity contribution in [2.24, 2.45) is 0 Å². The summed E-state index contributed by atoms with van der Waals surface area (Å²) in [7, 11) is 0.218. The average Bonchev–Trinajstić information content (AvgIpc) is 2.51. The smallest absolute Gasteiger partial charge is 0.529 e. The van der Waals surface area contributed by atoms with E-state index in [1.807, 2.05) is 24.3 Å². The summed E-state index contributed by atoms with van der Waals surface area (Å²) in [5.74, 6) is 1.65. The molecule has 0 bridgehead atoms. The molecule has 110 valence electrons. The fraction of sp³-hybridized carbons (Fsp3) is 0.250. The highest BCUT2D eigenvalue weighted by Gasteiger charge is 2.00. The first-order valence-corrected chi connectivity index (χ1v) is 9.11. The average molecular weight is 412 g/mol. The number of halogens is 2. The maximum absolute atomic E-state index is 5.58. The fourth-order valence-electron chi connectivity index (χ4n) is 1.89. The molecule has 2 aromatic rings. The van der Waals surface area contributed by atoms with Crippen LogP contribution in [0.4, 0.5) is 0 Å². The maximum atomic E-state index is 5.58. The summed E-state index contributed by atoms with van der Waals surface area (Å²) in [4.78, 5) is 0. The van der Waals surface area contributed by atoms with Crippen LogP contribution >= 0.6 is 31.9 Å². The van der Waals surface area contributed by atoms with Gasteiger partial charge in [-0.05, 0) is 48.2 Å².